The zero-order valence-electron chi connectivity index (χ0n) is 5.89. The Balaban J connectivity index is 3.50. The zero-order valence-corrected chi connectivity index (χ0v) is 9.81. The molecule has 0 atom stereocenters. The molecule has 7 heteroatoms. The Kier molecular flexibility index (Phi) is 3.22. The lowest BCUT2D eigenvalue weighted by Crippen LogP contribution is -1.93. The van der Waals surface area contributed by atoms with Crippen LogP contribution in [0.25, 0.3) is 0 Å². The molecule has 0 spiro atoms. The van der Waals surface area contributed by atoms with Gasteiger partial charge in [-0.1, -0.05) is 11.6 Å². The molecule has 1 rings (SSSR count). The summed E-state index contributed by atoms with van der Waals surface area (Å²) in [6.07, 6.45) is 0. The Morgan fingerprint density at radius 1 is 1.38 bits per heavy atom. The predicted molar refractivity (Wildman–Crippen MR) is 52.1 cm³/mol. The molecule has 0 heterocycles. The minimum absolute atomic E-state index is 0.00359. The minimum Gasteiger partial charge on any atom is -0.207 e. The van der Waals surface area contributed by atoms with E-state index in [9.17, 15) is 12.8 Å². The number of hydrogen-bond acceptors (Lipinski definition) is 2. The fourth-order valence-electron chi connectivity index (χ4n) is 0.691. The van der Waals surface area contributed by atoms with Crippen LogP contribution in [0.1, 0.15) is 0 Å². The number of halogens is 4. The van der Waals surface area contributed by atoms with E-state index in [-0.39, 0.29) is 14.4 Å². The van der Waals surface area contributed by atoms with Gasteiger partial charge in [0.1, 0.15) is 10.7 Å². The third-order valence-corrected chi connectivity index (χ3v) is 3.63. The van der Waals surface area contributed by atoms with Crippen molar-refractivity contribution in [2.45, 2.75) is 4.90 Å². The summed E-state index contributed by atoms with van der Waals surface area (Å²) in [5, 5.41) is -0.240. The van der Waals surface area contributed by atoms with Crippen LogP contribution in [0.4, 0.5) is 4.39 Å². The third kappa shape index (κ3) is 2.56. The summed E-state index contributed by atoms with van der Waals surface area (Å²) in [6.45, 7) is 0. The molecule has 1 aromatic carbocycles. The topological polar surface area (TPSA) is 34.1 Å². The average molecular weight is 308 g/mol. The van der Waals surface area contributed by atoms with Crippen molar-refractivity contribution in [3.63, 3.8) is 0 Å². The van der Waals surface area contributed by atoms with E-state index in [1.165, 1.54) is 0 Å². The monoisotopic (exact) mass is 306 g/mol. The minimum atomic E-state index is -3.93. The Bertz CT molecular complexity index is 446. The third-order valence-electron chi connectivity index (χ3n) is 1.24. The Labute approximate surface area is 92.2 Å². The van der Waals surface area contributed by atoms with Crippen molar-refractivity contribution in [3.05, 3.63) is 27.4 Å². The molecule has 1 aromatic rings. The Hall–Kier alpha value is 0.160. The lowest BCUT2D eigenvalue weighted by atomic mass is 10.3. The first-order valence-corrected chi connectivity index (χ1v) is 6.39. The molecule has 0 amide bonds. The van der Waals surface area contributed by atoms with Crippen LogP contribution in [0.15, 0.2) is 21.5 Å². The second-order valence-corrected chi connectivity index (χ2v) is 5.93. The molecule has 0 aliphatic rings. The van der Waals surface area contributed by atoms with Crippen molar-refractivity contribution >= 4 is 47.3 Å². The number of benzene rings is 1. The molecule has 2 nitrogen and oxygen atoms in total. The average Bonchev–Trinajstić information content (AvgIpc) is 1.94. The maximum absolute atomic E-state index is 12.8. The first-order valence-electron chi connectivity index (χ1n) is 2.91. The zero-order chi connectivity index (χ0) is 10.2. The molecule has 0 fully saturated rings. The second-order valence-electron chi connectivity index (χ2n) is 2.13. The molecule has 0 N–H and O–H groups in total. The van der Waals surface area contributed by atoms with Crippen LogP contribution in [0, 0.1) is 5.82 Å². The summed E-state index contributed by atoms with van der Waals surface area (Å²) >= 11 is 8.28. The Morgan fingerprint density at radius 3 is 2.38 bits per heavy atom. The maximum Gasteiger partial charge on any atom is 0.262 e. The summed E-state index contributed by atoms with van der Waals surface area (Å²) in [5.41, 5.74) is 0. The normalized spacial score (nSPS) is 11.7. The predicted octanol–water partition coefficient (Wildman–Crippen LogP) is 3.17. The van der Waals surface area contributed by atoms with E-state index in [0.29, 0.717) is 0 Å². The number of hydrogen-bond donors (Lipinski definition) is 0. The first-order chi connectivity index (χ1) is 5.82. The SMILES string of the molecule is O=S(=O)(Cl)c1cc(Br)c(F)cc1Cl. The highest BCUT2D eigenvalue weighted by Gasteiger charge is 2.17. The summed E-state index contributed by atoms with van der Waals surface area (Å²) in [7, 11) is 1.10. The molecule has 0 unspecified atom stereocenters. The van der Waals surface area contributed by atoms with Gasteiger partial charge in [-0.2, -0.15) is 0 Å². The van der Waals surface area contributed by atoms with Gasteiger partial charge in [-0.25, -0.2) is 12.8 Å². The van der Waals surface area contributed by atoms with Crippen LogP contribution >= 0.6 is 38.2 Å². The van der Waals surface area contributed by atoms with Crippen molar-refractivity contribution in [1.29, 1.82) is 0 Å². The van der Waals surface area contributed by atoms with Gasteiger partial charge < -0.3 is 0 Å². The lowest BCUT2D eigenvalue weighted by Gasteiger charge is -2.01. The van der Waals surface area contributed by atoms with Crippen LogP contribution in [0.2, 0.25) is 5.02 Å². The highest BCUT2D eigenvalue weighted by Crippen LogP contribution is 2.29. The van der Waals surface area contributed by atoms with Crippen LogP contribution in [-0.2, 0) is 9.05 Å². The van der Waals surface area contributed by atoms with Crippen molar-refractivity contribution in [2.75, 3.05) is 0 Å². The van der Waals surface area contributed by atoms with Crippen molar-refractivity contribution in [3.8, 4) is 0 Å². The van der Waals surface area contributed by atoms with Crippen LogP contribution in [-0.4, -0.2) is 8.42 Å². The van der Waals surface area contributed by atoms with Crippen molar-refractivity contribution in [1.82, 2.24) is 0 Å². The van der Waals surface area contributed by atoms with Crippen LogP contribution < -0.4 is 0 Å². The van der Waals surface area contributed by atoms with Crippen molar-refractivity contribution in [2.24, 2.45) is 0 Å². The van der Waals surface area contributed by atoms with Gasteiger partial charge in [0.15, 0.2) is 0 Å². The fraction of sp³-hybridized carbons (Fsp3) is 0. The van der Waals surface area contributed by atoms with Gasteiger partial charge in [0.05, 0.1) is 9.50 Å². The van der Waals surface area contributed by atoms with Crippen molar-refractivity contribution < 1.29 is 12.8 Å². The van der Waals surface area contributed by atoms with Gasteiger partial charge in [0.25, 0.3) is 9.05 Å². The molecule has 13 heavy (non-hydrogen) atoms. The molecule has 0 aliphatic heterocycles. The van der Waals surface area contributed by atoms with Crippen LogP contribution in [0.5, 0.6) is 0 Å². The summed E-state index contributed by atoms with van der Waals surface area (Å²) in [4.78, 5) is -0.316. The Morgan fingerprint density at radius 2 is 1.92 bits per heavy atom. The van der Waals surface area contributed by atoms with E-state index in [0.717, 1.165) is 12.1 Å². The molecular weight excluding hydrogens is 306 g/mol. The van der Waals surface area contributed by atoms with Gasteiger partial charge in [-0.3, -0.25) is 0 Å². The summed E-state index contributed by atoms with van der Waals surface area (Å²) < 4.78 is 34.5. The molecule has 0 saturated heterocycles. The molecule has 72 valence electrons. The van der Waals surface area contributed by atoms with E-state index in [1.54, 1.807) is 0 Å². The molecule has 0 saturated carbocycles. The lowest BCUT2D eigenvalue weighted by molar-refractivity contribution is 0.606. The first kappa shape index (κ1) is 11.2. The molecular formula is C6H2BrCl2FO2S. The van der Waals surface area contributed by atoms with Gasteiger partial charge >= 0.3 is 0 Å². The van der Waals surface area contributed by atoms with Gasteiger partial charge in [-0.15, -0.1) is 0 Å². The highest BCUT2D eigenvalue weighted by molar-refractivity contribution is 9.10. The molecule has 0 aromatic heterocycles. The highest BCUT2D eigenvalue weighted by atomic mass is 79.9. The van der Waals surface area contributed by atoms with Gasteiger partial charge in [0, 0.05) is 10.7 Å². The van der Waals surface area contributed by atoms with E-state index in [4.69, 9.17) is 22.3 Å². The fourth-order valence-corrected chi connectivity index (χ4v) is 2.69. The number of rotatable bonds is 1. The maximum atomic E-state index is 12.8. The molecule has 0 radical (unpaired) electrons. The molecule has 0 bridgehead atoms. The van der Waals surface area contributed by atoms with Gasteiger partial charge in [0.2, 0.25) is 0 Å². The standard InChI is InChI=1S/C6H2BrCl2FO2S/c7-3-1-6(13(9,11)12)4(8)2-5(3)10/h1-2H. The van der Waals surface area contributed by atoms with E-state index in [2.05, 4.69) is 15.9 Å². The largest absolute Gasteiger partial charge is 0.262 e. The van der Waals surface area contributed by atoms with E-state index >= 15 is 0 Å². The van der Waals surface area contributed by atoms with Gasteiger partial charge in [-0.05, 0) is 28.1 Å². The van der Waals surface area contributed by atoms with E-state index < -0.39 is 14.9 Å². The van der Waals surface area contributed by atoms with Crippen LogP contribution in [0.3, 0.4) is 0 Å². The quantitative estimate of drug-likeness (QED) is 0.590. The summed E-state index contributed by atoms with van der Waals surface area (Å²) in [6, 6.07) is 1.89. The molecule has 0 aliphatic carbocycles. The second kappa shape index (κ2) is 3.73. The smallest absolute Gasteiger partial charge is 0.207 e. The summed E-state index contributed by atoms with van der Waals surface area (Å²) in [5.74, 6) is -0.644. The van der Waals surface area contributed by atoms with E-state index in [1.807, 2.05) is 0 Å².